The number of nitriles is 1. The Kier molecular flexibility index (Phi) is 8.27. The summed E-state index contributed by atoms with van der Waals surface area (Å²) in [6, 6.07) is 3.69. The average Bonchev–Trinajstić information content (AvgIpc) is 3.33. The van der Waals surface area contributed by atoms with Crippen molar-refractivity contribution < 1.29 is 28.6 Å². The number of nitrogens with zero attached hydrogens (tertiary/aromatic N) is 4. The topological polar surface area (TPSA) is 159 Å². The third kappa shape index (κ3) is 5.32. The zero-order valence-electron chi connectivity index (χ0n) is 21.9. The van der Waals surface area contributed by atoms with Crippen molar-refractivity contribution in [3.05, 3.63) is 18.1 Å². The molecule has 2 radical (unpaired) electrons. The van der Waals surface area contributed by atoms with Gasteiger partial charge in [-0.25, -0.2) is 9.50 Å². The second-order valence-corrected chi connectivity index (χ2v) is 10.2. The Labute approximate surface area is 217 Å². The van der Waals surface area contributed by atoms with E-state index in [0.717, 1.165) is 0 Å². The maximum atomic E-state index is 13.0. The summed E-state index contributed by atoms with van der Waals surface area (Å²) in [7, 11) is 6.21. The minimum Gasteiger partial charge on any atom is -0.463 e. The average molecular weight is 509 g/mol. The first-order valence-corrected chi connectivity index (χ1v) is 12.2. The van der Waals surface area contributed by atoms with E-state index in [1.54, 1.807) is 41.5 Å². The number of fused-ring (bicyclic) bond motifs is 1. The van der Waals surface area contributed by atoms with Crippen molar-refractivity contribution in [3.63, 3.8) is 0 Å². The molecule has 3 rings (SSSR count). The highest BCUT2D eigenvalue weighted by Crippen LogP contribution is 2.48. The number of aromatic nitrogens is 3. The first-order chi connectivity index (χ1) is 17.3. The van der Waals surface area contributed by atoms with Crippen molar-refractivity contribution in [2.75, 3.05) is 12.3 Å². The molecule has 0 amide bonds. The van der Waals surface area contributed by atoms with Gasteiger partial charge >= 0.3 is 11.9 Å². The van der Waals surface area contributed by atoms with Gasteiger partial charge in [-0.2, -0.15) is 10.4 Å². The molecule has 0 saturated carbocycles. The summed E-state index contributed by atoms with van der Waals surface area (Å²) >= 11 is 0. The van der Waals surface area contributed by atoms with Crippen molar-refractivity contribution in [3.8, 4) is 6.07 Å². The minimum absolute atomic E-state index is 0.0878. The summed E-state index contributed by atoms with van der Waals surface area (Å²) in [5, 5.41) is 14.8. The lowest BCUT2D eigenvalue weighted by Crippen LogP contribution is -2.41. The van der Waals surface area contributed by atoms with Gasteiger partial charge in [0, 0.05) is 12.3 Å². The van der Waals surface area contributed by atoms with E-state index in [4.69, 9.17) is 27.8 Å². The molecule has 1 aliphatic rings. The molecular weight excluding hydrogens is 477 g/mol. The molecule has 12 heteroatoms. The predicted molar refractivity (Wildman–Crippen MR) is 133 cm³/mol. The Morgan fingerprint density at radius 3 is 2.41 bits per heavy atom. The molecule has 2 aromatic rings. The molecule has 4 atom stereocenters. The van der Waals surface area contributed by atoms with E-state index in [1.807, 2.05) is 0 Å². The number of anilines is 1. The number of hydrogen-bond acceptors (Lipinski definition) is 10. The van der Waals surface area contributed by atoms with E-state index in [9.17, 15) is 19.6 Å². The molecule has 0 unspecified atom stereocenters. The monoisotopic (exact) mass is 509 g/mol. The number of esters is 2. The van der Waals surface area contributed by atoms with Gasteiger partial charge in [0.2, 0.25) is 5.60 Å². The van der Waals surface area contributed by atoms with Crippen molar-refractivity contribution in [2.45, 2.75) is 65.8 Å². The van der Waals surface area contributed by atoms with Crippen molar-refractivity contribution in [1.29, 1.82) is 5.26 Å². The van der Waals surface area contributed by atoms with Crippen LogP contribution in [0.15, 0.2) is 12.4 Å². The summed E-state index contributed by atoms with van der Waals surface area (Å²) in [6.45, 7) is 9.87. The Balaban J connectivity index is 2.20. The largest absolute Gasteiger partial charge is 0.463 e. The van der Waals surface area contributed by atoms with Crippen LogP contribution < -0.4 is 11.2 Å². The van der Waals surface area contributed by atoms with Gasteiger partial charge in [0.15, 0.2) is 5.82 Å². The van der Waals surface area contributed by atoms with Crippen molar-refractivity contribution in [2.24, 2.45) is 23.7 Å². The number of hydrogen-bond donors (Lipinski definition) is 1. The van der Waals surface area contributed by atoms with Gasteiger partial charge < -0.3 is 19.9 Å². The Bertz CT molecular complexity index is 1240. The molecular formula is C25H32BN5O6. The summed E-state index contributed by atoms with van der Waals surface area (Å²) in [5.41, 5.74) is 4.84. The van der Waals surface area contributed by atoms with Gasteiger partial charge in [0.1, 0.15) is 50.4 Å². The van der Waals surface area contributed by atoms with Gasteiger partial charge in [-0.1, -0.05) is 47.0 Å². The van der Waals surface area contributed by atoms with Crippen LogP contribution in [0, 0.1) is 35.0 Å². The Morgan fingerprint density at radius 1 is 1.19 bits per heavy atom. The highest BCUT2D eigenvalue weighted by Gasteiger charge is 2.60. The number of rotatable bonds is 9. The number of carbonyl (C=O) groups is 3. The maximum absolute atomic E-state index is 13.0. The fourth-order valence-electron chi connectivity index (χ4n) is 4.26. The summed E-state index contributed by atoms with van der Waals surface area (Å²) < 4.78 is 18.9. The van der Waals surface area contributed by atoms with Crippen LogP contribution in [-0.2, 0) is 34.2 Å². The number of nitrogen functional groups attached to an aromatic ring is 1. The van der Waals surface area contributed by atoms with Gasteiger partial charge in [-0.15, -0.1) is 0 Å². The highest BCUT2D eigenvalue weighted by atomic mass is 16.6. The molecule has 1 fully saturated rings. The van der Waals surface area contributed by atoms with Crippen LogP contribution in [0.25, 0.3) is 5.52 Å². The van der Waals surface area contributed by atoms with Crippen LogP contribution in [-0.4, -0.2) is 59.0 Å². The van der Waals surface area contributed by atoms with Gasteiger partial charge in [0.05, 0.1) is 23.4 Å². The van der Waals surface area contributed by atoms with Gasteiger partial charge in [-0.05, 0) is 6.07 Å². The zero-order valence-corrected chi connectivity index (χ0v) is 21.9. The highest BCUT2D eigenvalue weighted by molar-refractivity contribution is 6.37. The van der Waals surface area contributed by atoms with E-state index in [0.29, 0.717) is 0 Å². The Morgan fingerprint density at radius 2 is 1.84 bits per heavy atom. The van der Waals surface area contributed by atoms with Crippen LogP contribution in [0.4, 0.5) is 5.82 Å². The van der Waals surface area contributed by atoms with E-state index in [1.165, 1.54) is 16.9 Å². The second-order valence-electron chi connectivity index (χ2n) is 10.2. The lowest BCUT2D eigenvalue weighted by molar-refractivity contribution is -0.163. The molecule has 37 heavy (non-hydrogen) atoms. The van der Waals surface area contributed by atoms with Gasteiger partial charge in [0.25, 0.3) is 0 Å². The van der Waals surface area contributed by atoms with E-state index >= 15 is 0 Å². The van der Waals surface area contributed by atoms with E-state index < -0.39 is 47.5 Å². The third-order valence-corrected chi connectivity index (χ3v) is 6.43. The molecule has 2 aromatic heterocycles. The predicted octanol–water partition coefficient (Wildman–Crippen LogP) is 1.22. The molecule has 11 nitrogen and oxygen atoms in total. The maximum Gasteiger partial charge on any atom is 0.308 e. The molecule has 1 saturated heterocycles. The van der Waals surface area contributed by atoms with Crippen LogP contribution in [0.1, 0.15) is 53.7 Å². The van der Waals surface area contributed by atoms with Crippen molar-refractivity contribution in [1.82, 2.24) is 14.6 Å². The normalized spacial score (nSPS) is 23.5. The first-order valence-electron chi connectivity index (χ1n) is 12.2. The molecule has 1 aliphatic heterocycles. The minimum atomic E-state index is -1.84. The van der Waals surface area contributed by atoms with E-state index in [2.05, 4.69) is 16.2 Å². The zero-order chi connectivity index (χ0) is 27.7. The second kappa shape index (κ2) is 10.9. The number of nitrogens with two attached hydrogens (primary N) is 1. The third-order valence-electron chi connectivity index (χ3n) is 6.43. The SMILES string of the molecule is [B]c1cc([C@]2(C#N)O[C@H](COC(=O)C(C)C)[C@@H](OC(=O)C(C)C)[C@H]2CC(=O)C(C)C)n2ncnc(N)c12. The molecule has 3 heterocycles. The number of Topliss-reactive ketones (excluding diaryl/α,β-unsaturated/α-hetero) is 1. The smallest absolute Gasteiger partial charge is 0.308 e. The summed E-state index contributed by atoms with van der Waals surface area (Å²) in [6.07, 6.45) is -1.06. The molecule has 0 bridgehead atoms. The summed E-state index contributed by atoms with van der Waals surface area (Å²) in [4.78, 5) is 42.0. The fraction of sp³-hybridized carbons (Fsp3) is 0.600. The van der Waals surface area contributed by atoms with Crippen molar-refractivity contribution >= 4 is 42.4 Å². The quantitative estimate of drug-likeness (QED) is 0.385. The van der Waals surface area contributed by atoms with Crippen LogP contribution in [0.3, 0.4) is 0 Å². The standard InChI is InChI=1S/C25H32BN5O6/c1-12(2)17(32)7-15-21(36-24(34)14(5)6)18(9-35-23(33)13(3)4)37-25(15,10-27)19-8-16(26)20-22(28)29-11-30-31(19)20/h8,11-15,18,21H,7,9H2,1-6H3,(H2,28,29,30)/t15-,18-,21+,25-/m1/s1. The fourth-order valence-corrected chi connectivity index (χ4v) is 4.26. The molecule has 2 N–H and O–H groups in total. The molecule has 196 valence electrons. The Hall–Kier alpha value is -3.46. The molecule has 0 aromatic carbocycles. The van der Waals surface area contributed by atoms with Crippen LogP contribution >= 0.6 is 0 Å². The lowest BCUT2D eigenvalue weighted by Gasteiger charge is -2.29. The van der Waals surface area contributed by atoms with E-state index in [-0.39, 0.29) is 47.2 Å². The molecule has 0 aliphatic carbocycles. The van der Waals surface area contributed by atoms with Gasteiger partial charge in [-0.3, -0.25) is 14.4 Å². The lowest BCUT2D eigenvalue weighted by atomic mass is 9.78. The molecule has 0 spiro atoms. The first kappa shape index (κ1) is 28.1. The van der Waals surface area contributed by atoms with Crippen LogP contribution in [0.2, 0.25) is 0 Å². The van der Waals surface area contributed by atoms with Crippen LogP contribution in [0.5, 0.6) is 0 Å². The number of ether oxygens (including phenoxy) is 3. The number of carbonyl (C=O) groups excluding carboxylic acids is 3. The number of ketones is 1. The summed E-state index contributed by atoms with van der Waals surface area (Å²) in [5.74, 6) is -3.34.